The number of furan rings is 1. The molecule has 4 heterocycles. The van der Waals surface area contributed by atoms with Gasteiger partial charge in [0.1, 0.15) is 6.54 Å². The topological polar surface area (TPSA) is 137 Å². The van der Waals surface area contributed by atoms with Crippen molar-refractivity contribution in [2.24, 2.45) is 0 Å². The van der Waals surface area contributed by atoms with E-state index in [-0.39, 0.29) is 12.5 Å². The summed E-state index contributed by atoms with van der Waals surface area (Å²) in [6.07, 6.45) is 3.00. The molecule has 4 rings (SSSR count). The normalized spacial score (nSPS) is 11.5. The molecule has 0 saturated heterocycles. The molecule has 0 saturated carbocycles. The van der Waals surface area contributed by atoms with E-state index in [1.54, 1.807) is 12.1 Å². The molecule has 10 heteroatoms. The molecule has 10 nitrogen and oxygen atoms in total. The molecule has 0 amide bonds. The number of carboxylic acids is 1. The van der Waals surface area contributed by atoms with Crippen molar-refractivity contribution >= 4 is 28.6 Å². The second kappa shape index (κ2) is 4.28. The third-order valence-corrected chi connectivity index (χ3v) is 3.12. The Morgan fingerprint density at radius 3 is 2.95 bits per heavy atom. The van der Waals surface area contributed by atoms with E-state index in [0.29, 0.717) is 28.3 Å². The van der Waals surface area contributed by atoms with Gasteiger partial charge in [0.25, 0.3) is 0 Å². The van der Waals surface area contributed by atoms with Crippen LogP contribution in [0.5, 0.6) is 0 Å². The molecule has 0 spiro atoms. The largest absolute Gasteiger partial charge is 0.480 e. The summed E-state index contributed by atoms with van der Waals surface area (Å²) >= 11 is 0. The fourth-order valence-corrected chi connectivity index (χ4v) is 2.21. The average molecular weight is 299 g/mol. The number of hydrogen-bond donors (Lipinski definition) is 2. The zero-order chi connectivity index (χ0) is 15.3. The van der Waals surface area contributed by atoms with E-state index in [0.717, 1.165) is 0 Å². The van der Waals surface area contributed by atoms with Gasteiger partial charge in [-0.05, 0) is 12.1 Å². The molecular formula is C12H9N7O3. The lowest BCUT2D eigenvalue weighted by Gasteiger charge is -2.01. The number of carboxylic acid groups (broad SMARTS) is 1. The van der Waals surface area contributed by atoms with E-state index in [2.05, 4.69) is 20.2 Å². The summed E-state index contributed by atoms with van der Waals surface area (Å²) in [4.78, 5) is 19.4. The van der Waals surface area contributed by atoms with Gasteiger partial charge in [-0.3, -0.25) is 4.79 Å². The number of aliphatic carboxylic acids is 1. The van der Waals surface area contributed by atoms with Crippen LogP contribution in [0, 0.1) is 0 Å². The highest BCUT2D eigenvalue weighted by atomic mass is 16.4. The molecule has 0 aromatic carbocycles. The third-order valence-electron chi connectivity index (χ3n) is 3.12. The van der Waals surface area contributed by atoms with Crippen LogP contribution in [0.3, 0.4) is 0 Å². The van der Waals surface area contributed by atoms with Crippen molar-refractivity contribution in [1.29, 1.82) is 0 Å². The maximum atomic E-state index is 10.9. The Morgan fingerprint density at radius 2 is 2.23 bits per heavy atom. The van der Waals surface area contributed by atoms with Crippen molar-refractivity contribution in [3.63, 3.8) is 0 Å². The smallest absolute Gasteiger partial charge is 0.325 e. The van der Waals surface area contributed by atoms with Gasteiger partial charge in [-0.25, -0.2) is 9.67 Å². The van der Waals surface area contributed by atoms with E-state index in [4.69, 9.17) is 15.3 Å². The molecule has 3 N–H and O–H groups in total. The zero-order valence-electron chi connectivity index (χ0n) is 11.0. The van der Waals surface area contributed by atoms with Crippen molar-refractivity contribution in [2.75, 3.05) is 5.73 Å². The molecule has 0 unspecified atom stereocenters. The van der Waals surface area contributed by atoms with Gasteiger partial charge in [0, 0.05) is 0 Å². The highest BCUT2D eigenvalue weighted by Gasteiger charge is 2.18. The Bertz CT molecular complexity index is 999. The SMILES string of the molecule is Nc1nc2c(cnn2CC(=O)O)c2nc(-c3ccco3)nn12. The number of hydrogen-bond acceptors (Lipinski definition) is 7. The van der Waals surface area contributed by atoms with Gasteiger partial charge >= 0.3 is 5.97 Å². The van der Waals surface area contributed by atoms with Crippen LogP contribution >= 0.6 is 0 Å². The van der Waals surface area contributed by atoms with Crippen molar-refractivity contribution < 1.29 is 14.3 Å². The number of nitrogens with two attached hydrogens (primary N) is 1. The fourth-order valence-electron chi connectivity index (χ4n) is 2.21. The van der Waals surface area contributed by atoms with Crippen LogP contribution in [-0.2, 0) is 11.3 Å². The van der Waals surface area contributed by atoms with Crippen molar-refractivity contribution in [2.45, 2.75) is 6.54 Å². The molecule has 0 atom stereocenters. The standard InChI is InChI=1S/C12H9N7O3/c13-12-16-10-6(4-14-18(10)5-8(20)21)11-15-9(17-19(11)12)7-2-1-3-22-7/h1-4H,5H2,(H2,13,16)(H,20,21). The first-order valence-electron chi connectivity index (χ1n) is 6.27. The minimum absolute atomic E-state index is 0.0833. The van der Waals surface area contributed by atoms with Gasteiger partial charge < -0.3 is 15.3 Å². The lowest BCUT2D eigenvalue weighted by molar-refractivity contribution is -0.137. The van der Waals surface area contributed by atoms with Gasteiger partial charge in [-0.15, -0.1) is 5.10 Å². The van der Waals surface area contributed by atoms with Gasteiger partial charge in [-0.2, -0.15) is 14.6 Å². The van der Waals surface area contributed by atoms with Crippen LogP contribution in [0.15, 0.2) is 29.0 Å². The molecule has 22 heavy (non-hydrogen) atoms. The Hall–Kier alpha value is -3.43. The number of nitrogens with zero attached hydrogens (tertiary/aromatic N) is 6. The maximum absolute atomic E-state index is 10.9. The lowest BCUT2D eigenvalue weighted by Crippen LogP contribution is -2.11. The highest BCUT2D eigenvalue weighted by Crippen LogP contribution is 2.23. The minimum Gasteiger partial charge on any atom is -0.480 e. The van der Waals surface area contributed by atoms with E-state index in [9.17, 15) is 4.79 Å². The molecule has 110 valence electrons. The summed E-state index contributed by atoms with van der Waals surface area (Å²) in [7, 11) is 0. The quantitative estimate of drug-likeness (QED) is 0.554. The molecule has 0 radical (unpaired) electrons. The number of aromatic nitrogens is 6. The maximum Gasteiger partial charge on any atom is 0.325 e. The van der Waals surface area contributed by atoms with E-state index < -0.39 is 5.97 Å². The summed E-state index contributed by atoms with van der Waals surface area (Å²) < 4.78 is 7.87. The van der Waals surface area contributed by atoms with E-state index in [1.807, 2.05) is 0 Å². The van der Waals surface area contributed by atoms with Crippen LogP contribution < -0.4 is 5.73 Å². The van der Waals surface area contributed by atoms with Crippen molar-refractivity contribution in [3.05, 3.63) is 24.6 Å². The molecule has 0 fully saturated rings. The van der Waals surface area contributed by atoms with Crippen LogP contribution in [0.25, 0.3) is 28.3 Å². The fraction of sp³-hybridized carbons (Fsp3) is 0.0833. The Morgan fingerprint density at radius 1 is 1.36 bits per heavy atom. The summed E-state index contributed by atoms with van der Waals surface area (Å²) in [6.45, 7) is -0.314. The highest BCUT2D eigenvalue weighted by molar-refractivity contribution is 5.90. The number of nitrogen functional groups attached to an aromatic ring is 1. The molecule has 4 aromatic rings. The predicted octanol–water partition coefficient (Wildman–Crippen LogP) is 0.401. The summed E-state index contributed by atoms with van der Waals surface area (Å²) in [5, 5.41) is 17.7. The number of carbonyl (C=O) groups is 1. The third kappa shape index (κ3) is 1.70. The first kappa shape index (κ1) is 12.3. The molecule has 0 aliphatic heterocycles. The average Bonchev–Trinajstić information content (AvgIpc) is 3.16. The van der Waals surface area contributed by atoms with Crippen molar-refractivity contribution in [1.82, 2.24) is 29.4 Å². The van der Waals surface area contributed by atoms with Gasteiger partial charge in [-0.1, -0.05) is 0 Å². The summed E-state index contributed by atoms with van der Waals surface area (Å²) in [5.41, 5.74) is 6.65. The lowest BCUT2D eigenvalue weighted by atomic mass is 10.4. The molecule has 4 aromatic heterocycles. The van der Waals surface area contributed by atoms with Crippen LogP contribution in [0.4, 0.5) is 5.95 Å². The Labute approximate surface area is 121 Å². The Balaban J connectivity index is 1.99. The predicted molar refractivity (Wildman–Crippen MR) is 73.8 cm³/mol. The summed E-state index contributed by atoms with van der Waals surface area (Å²) in [5.74, 6) is -0.0888. The summed E-state index contributed by atoms with van der Waals surface area (Å²) in [6, 6.07) is 3.45. The Kier molecular flexibility index (Phi) is 2.40. The molecular weight excluding hydrogens is 290 g/mol. The molecule has 0 aliphatic rings. The molecule has 0 aliphatic carbocycles. The first-order chi connectivity index (χ1) is 10.6. The van der Waals surface area contributed by atoms with Crippen molar-refractivity contribution in [3.8, 4) is 11.6 Å². The van der Waals surface area contributed by atoms with E-state index in [1.165, 1.54) is 21.7 Å². The van der Waals surface area contributed by atoms with Crippen LogP contribution in [0.2, 0.25) is 0 Å². The van der Waals surface area contributed by atoms with Gasteiger partial charge in [0.05, 0.1) is 17.8 Å². The monoisotopic (exact) mass is 299 g/mol. The zero-order valence-corrected chi connectivity index (χ0v) is 11.0. The second-order valence-corrected chi connectivity index (χ2v) is 4.55. The van der Waals surface area contributed by atoms with Crippen LogP contribution in [-0.4, -0.2) is 40.4 Å². The van der Waals surface area contributed by atoms with Gasteiger partial charge in [0.15, 0.2) is 17.1 Å². The first-order valence-corrected chi connectivity index (χ1v) is 6.27. The minimum atomic E-state index is -1.03. The van der Waals surface area contributed by atoms with E-state index >= 15 is 0 Å². The van der Waals surface area contributed by atoms with Gasteiger partial charge in [0.2, 0.25) is 11.8 Å². The number of anilines is 1. The molecule has 0 bridgehead atoms. The number of rotatable bonds is 3. The second-order valence-electron chi connectivity index (χ2n) is 4.55. The number of fused-ring (bicyclic) bond motifs is 3. The van der Waals surface area contributed by atoms with Crippen LogP contribution in [0.1, 0.15) is 0 Å².